The maximum absolute atomic E-state index is 9.45. The lowest BCUT2D eigenvalue weighted by Crippen LogP contribution is -2.47. The smallest absolute Gasteiger partial charge is 0.103 e. The molecule has 102 valence electrons. The first-order valence-corrected chi connectivity index (χ1v) is 7.82. The molecule has 0 saturated carbocycles. The molecule has 3 nitrogen and oxygen atoms in total. The number of rotatable bonds is 3. The fourth-order valence-electron chi connectivity index (χ4n) is 2.49. The van der Waals surface area contributed by atoms with Crippen molar-refractivity contribution in [3.63, 3.8) is 0 Å². The van der Waals surface area contributed by atoms with Crippen molar-refractivity contribution in [2.24, 2.45) is 11.7 Å². The first-order valence-electron chi connectivity index (χ1n) is 6.83. The second kappa shape index (κ2) is 6.31. The van der Waals surface area contributed by atoms with Gasteiger partial charge in [0, 0.05) is 24.0 Å². The summed E-state index contributed by atoms with van der Waals surface area (Å²) in [6.45, 7) is 6.15. The molecule has 0 radical (unpaired) electrons. The van der Waals surface area contributed by atoms with Crippen LogP contribution in [0.4, 0.5) is 5.69 Å². The van der Waals surface area contributed by atoms with Crippen molar-refractivity contribution in [2.75, 3.05) is 23.7 Å². The lowest BCUT2D eigenvalue weighted by molar-refractivity contribution is 0.379. The van der Waals surface area contributed by atoms with Crippen LogP contribution in [0.5, 0.6) is 0 Å². The van der Waals surface area contributed by atoms with E-state index in [1.807, 2.05) is 18.2 Å². The highest BCUT2D eigenvalue weighted by atomic mass is 32.2. The van der Waals surface area contributed by atoms with Crippen molar-refractivity contribution in [3.05, 3.63) is 23.8 Å². The second-order valence-corrected chi connectivity index (χ2v) is 6.38. The normalized spacial score (nSPS) is 23.2. The molecule has 1 aliphatic heterocycles. The van der Waals surface area contributed by atoms with Gasteiger partial charge in [-0.3, -0.25) is 0 Å². The van der Waals surface area contributed by atoms with E-state index in [4.69, 9.17) is 5.73 Å². The summed E-state index contributed by atoms with van der Waals surface area (Å²) in [5.74, 6) is 1.55. The Morgan fingerprint density at radius 1 is 1.53 bits per heavy atom. The molecular formula is C15H21N3S. The van der Waals surface area contributed by atoms with E-state index in [1.165, 1.54) is 0 Å². The summed E-state index contributed by atoms with van der Waals surface area (Å²) in [6.07, 6.45) is 1.09. The van der Waals surface area contributed by atoms with Crippen molar-refractivity contribution < 1.29 is 0 Å². The van der Waals surface area contributed by atoms with E-state index in [9.17, 15) is 5.26 Å². The Kier molecular flexibility index (Phi) is 4.73. The van der Waals surface area contributed by atoms with Gasteiger partial charge in [-0.2, -0.15) is 5.26 Å². The van der Waals surface area contributed by atoms with Gasteiger partial charge in [0.05, 0.1) is 11.3 Å². The molecular weight excluding hydrogens is 254 g/mol. The third kappa shape index (κ3) is 3.05. The van der Waals surface area contributed by atoms with Gasteiger partial charge in [0.2, 0.25) is 0 Å². The number of piperidine rings is 1. The Morgan fingerprint density at radius 3 is 2.95 bits per heavy atom. The number of nitriles is 1. The number of thioether (sulfide) groups is 1. The first-order chi connectivity index (χ1) is 9.17. The molecule has 19 heavy (non-hydrogen) atoms. The van der Waals surface area contributed by atoms with Crippen molar-refractivity contribution in [3.8, 4) is 6.07 Å². The number of hydrogen-bond acceptors (Lipinski definition) is 4. The van der Waals surface area contributed by atoms with Gasteiger partial charge in [-0.25, -0.2) is 0 Å². The predicted molar refractivity (Wildman–Crippen MR) is 81.5 cm³/mol. The molecule has 1 saturated heterocycles. The summed E-state index contributed by atoms with van der Waals surface area (Å²) in [6, 6.07) is 8.68. The van der Waals surface area contributed by atoms with Gasteiger partial charge in [0.15, 0.2) is 0 Å². The topological polar surface area (TPSA) is 53.0 Å². The summed E-state index contributed by atoms with van der Waals surface area (Å²) in [5.41, 5.74) is 8.01. The summed E-state index contributed by atoms with van der Waals surface area (Å²) < 4.78 is 0. The van der Waals surface area contributed by atoms with E-state index in [0.717, 1.165) is 41.4 Å². The van der Waals surface area contributed by atoms with Crippen LogP contribution in [0, 0.1) is 17.2 Å². The van der Waals surface area contributed by atoms with Crippen LogP contribution in [-0.2, 0) is 0 Å². The summed E-state index contributed by atoms with van der Waals surface area (Å²) in [7, 11) is 0. The van der Waals surface area contributed by atoms with Crippen molar-refractivity contribution in [1.29, 1.82) is 5.26 Å². The molecule has 2 atom stereocenters. The second-order valence-electron chi connectivity index (χ2n) is 5.07. The molecule has 4 heteroatoms. The largest absolute Gasteiger partial charge is 0.369 e. The van der Waals surface area contributed by atoms with Crippen LogP contribution in [0.3, 0.4) is 0 Å². The highest BCUT2D eigenvalue weighted by Crippen LogP contribution is 2.32. The Bertz CT molecular complexity index is 481. The summed E-state index contributed by atoms with van der Waals surface area (Å²) in [4.78, 5) is 3.35. The van der Waals surface area contributed by atoms with E-state index in [2.05, 4.69) is 24.8 Å². The average Bonchev–Trinajstić information content (AvgIpc) is 2.42. The van der Waals surface area contributed by atoms with Gasteiger partial charge < -0.3 is 10.6 Å². The fraction of sp³-hybridized carbons (Fsp3) is 0.533. The van der Waals surface area contributed by atoms with Gasteiger partial charge in [-0.15, -0.1) is 11.8 Å². The molecule has 1 aromatic carbocycles. The summed E-state index contributed by atoms with van der Waals surface area (Å²) >= 11 is 1.73. The zero-order valence-electron chi connectivity index (χ0n) is 11.6. The maximum atomic E-state index is 9.45. The number of nitrogens with zero attached hydrogens (tertiary/aromatic N) is 2. The molecule has 0 amide bonds. The number of anilines is 1. The van der Waals surface area contributed by atoms with Crippen LogP contribution in [-0.4, -0.2) is 24.9 Å². The monoisotopic (exact) mass is 275 g/mol. The molecule has 1 heterocycles. The molecule has 0 aliphatic carbocycles. The molecule has 0 bridgehead atoms. The molecule has 2 N–H and O–H groups in total. The molecule has 0 aromatic heterocycles. The number of nitrogens with two attached hydrogens (primary N) is 1. The van der Waals surface area contributed by atoms with Crippen molar-refractivity contribution in [1.82, 2.24) is 0 Å². The Labute approximate surface area is 119 Å². The standard InChI is InChI=1S/C15H21N3S/c1-3-19-15-6-4-5-14(12(15)9-16)18-8-7-11(2)13(17)10-18/h4-6,11,13H,3,7-8,10,17H2,1-2H3. The molecule has 2 unspecified atom stereocenters. The highest BCUT2D eigenvalue weighted by molar-refractivity contribution is 7.99. The van der Waals surface area contributed by atoms with Gasteiger partial charge in [-0.1, -0.05) is 19.9 Å². The third-order valence-electron chi connectivity index (χ3n) is 3.77. The van der Waals surface area contributed by atoms with E-state index in [-0.39, 0.29) is 6.04 Å². The molecule has 1 aromatic rings. The maximum Gasteiger partial charge on any atom is 0.103 e. The lowest BCUT2D eigenvalue weighted by atomic mass is 9.93. The van der Waals surface area contributed by atoms with Crippen LogP contribution < -0.4 is 10.6 Å². The fourth-order valence-corrected chi connectivity index (χ4v) is 3.27. The van der Waals surface area contributed by atoms with Crippen LogP contribution in [0.15, 0.2) is 23.1 Å². The minimum atomic E-state index is 0.197. The van der Waals surface area contributed by atoms with Crippen molar-refractivity contribution >= 4 is 17.4 Å². The van der Waals surface area contributed by atoms with Crippen LogP contribution in [0.2, 0.25) is 0 Å². The van der Waals surface area contributed by atoms with Crippen molar-refractivity contribution in [2.45, 2.75) is 31.2 Å². The third-order valence-corrected chi connectivity index (χ3v) is 4.71. The number of benzene rings is 1. The van der Waals surface area contributed by atoms with E-state index < -0.39 is 0 Å². The lowest BCUT2D eigenvalue weighted by Gasteiger charge is -2.37. The minimum Gasteiger partial charge on any atom is -0.369 e. The molecule has 0 spiro atoms. The zero-order chi connectivity index (χ0) is 13.8. The zero-order valence-corrected chi connectivity index (χ0v) is 12.4. The Balaban J connectivity index is 2.29. The van der Waals surface area contributed by atoms with E-state index in [1.54, 1.807) is 11.8 Å². The SMILES string of the molecule is CCSc1cccc(N2CCC(C)C(N)C2)c1C#N. The molecule has 2 rings (SSSR count). The highest BCUT2D eigenvalue weighted by Gasteiger charge is 2.25. The van der Waals surface area contributed by atoms with Crippen LogP contribution >= 0.6 is 11.8 Å². The van der Waals surface area contributed by atoms with Gasteiger partial charge in [0.1, 0.15) is 6.07 Å². The Morgan fingerprint density at radius 2 is 2.32 bits per heavy atom. The minimum absolute atomic E-state index is 0.197. The van der Waals surface area contributed by atoms with Crippen LogP contribution in [0.25, 0.3) is 0 Å². The van der Waals surface area contributed by atoms with E-state index in [0.29, 0.717) is 5.92 Å². The summed E-state index contributed by atoms with van der Waals surface area (Å²) in [5, 5.41) is 9.45. The predicted octanol–water partition coefficient (Wildman–Crippen LogP) is 2.84. The van der Waals surface area contributed by atoms with Gasteiger partial charge in [-0.05, 0) is 30.2 Å². The number of hydrogen-bond donors (Lipinski definition) is 1. The molecule has 1 fully saturated rings. The average molecular weight is 275 g/mol. The van der Waals surface area contributed by atoms with Gasteiger partial charge in [0.25, 0.3) is 0 Å². The first kappa shape index (κ1) is 14.2. The van der Waals surface area contributed by atoms with Crippen LogP contribution in [0.1, 0.15) is 25.8 Å². The van der Waals surface area contributed by atoms with E-state index >= 15 is 0 Å². The molecule has 1 aliphatic rings. The Hall–Kier alpha value is -1.18. The van der Waals surface area contributed by atoms with Gasteiger partial charge >= 0.3 is 0 Å². The quantitative estimate of drug-likeness (QED) is 0.862.